The van der Waals surface area contributed by atoms with E-state index in [0.29, 0.717) is 22.0 Å². The molecule has 1 saturated heterocycles. The van der Waals surface area contributed by atoms with Crippen LogP contribution in [0.4, 0.5) is 14.9 Å². The smallest absolute Gasteiger partial charge is 0.415 e. The summed E-state index contributed by atoms with van der Waals surface area (Å²) in [4.78, 5) is 13.7. The second kappa shape index (κ2) is 6.08. The Kier molecular flexibility index (Phi) is 4.13. The van der Waals surface area contributed by atoms with E-state index in [-0.39, 0.29) is 6.54 Å². The average Bonchev–Trinajstić information content (AvgIpc) is 2.93. The third kappa shape index (κ3) is 2.72. The van der Waals surface area contributed by atoms with E-state index in [9.17, 15) is 9.18 Å². The van der Waals surface area contributed by atoms with E-state index in [0.717, 1.165) is 0 Å². The number of ether oxygens (including phenoxy) is 2. The van der Waals surface area contributed by atoms with Gasteiger partial charge in [0.2, 0.25) is 0 Å². The number of cyclic esters (lactones) is 1. The average molecular weight is 336 g/mol. The Morgan fingerprint density at radius 3 is 2.61 bits per heavy atom. The summed E-state index contributed by atoms with van der Waals surface area (Å²) >= 11 is 5.86. The van der Waals surface area contributed by atoms with E-state index >= 15 is 0 Å². The van der Waals surface area contributed by atoms with Gasteiger partial charge in [0.1, 0.15) is 12.4 Å². The molecule has 0 aliphatic carbocycles. The highest BCUT2D eigenvalue weighted by molar-refractivity contribution is 6.30. The van der Waals surface area contributed by atoms with E-state index in [4.69, 9.17) is 21.1 Å². The number of para-hydroxylation sites is 1. The standard InChI is InChI=1S/C17H15ClFNO3/c1-22-15-5-3-2-4-14(15)17(10-19)11-20(16(21)23-17)13-8-6-12(18)7-9-13/h2-9H,10-11H2,1H3/t17-/m0/s1. The van der Waals surface area contributed by atoms with Crippen molar-refractivity contribution < 1.29 is 18.7 Å². The summed E-state index contributed by atoms with van der Waals surface area (Å²) in [5.41, 5.74) is -0.275. The second-order valence-electron chi connectivity index (χ2n) is 5.26. The monoisotopic (exact) mass is 335 g/mol. The molecule has 6 heteroatoms. The first-order chi connectivity index (χ1) is 11.1. The SMILES string of the molecule is COc1ccccc1[C@]1(CF)CN(c2ccc(Cl)cc2)C(=O)O1. The largest absolute Gasteiger partial charge is 0.496 e. The summed E-state index contributed by atoms with van der Waals surface area (Å²) in [5.74, 6) is 0.482. The fourth-order valence-corrected chi connectivity index (χ4v) is 2.82. The van der Waals surface area contributed by atoms with Gasteiger partial charge in [-0.15, -0.1) is 0 Å². The van der Waals surface area contributed by atoms with Crippen molar-refractivity contribution in [3.63, 3.8) is 0 Å². The van der Waals surface area contributed by atoms with Gasteiger partial charge in [0, 0.05) is 16.3 Å². The van der Waals surface area contributed by atoms with E-state index in [1.54, 1.807) is 48.5 Å². The zero-order valence-electron chi connectivity index (χ0n) is 12.5. The number of nitrogens with zero attached hydrogens (tertiary/aromatic N) is 1. The highest BCUT2D eigenvalue weighted by Gasteiger charge is 2.49. The predicted molar refractivity (Wildman–Crippen MR) is 85.9 cm³/mol. The maximum absolute atomic E-state index is 13.9. The zero-order valence-corrected chi connectivity index (χ0v) is 13.2. The van der Waals surface area contributed by atoms with Gasteiger partial charge in [-0.1, -0.05) is 29.8 Å². The van der Waals surface area contributed by atoms with Crippen molar-refractivity contribution in [1.82, 2.24) is 0 Å². The number of benzene rings is 2. The maximum Gasteiger partial charge on any atom is 0.415 e. The van der Waals surface area contributed by atoms with Crippen LogP contribution in [0.15, 0.2) is 48.5 Å². The van der Waals surface area contributed by atoms with Crippen molar-refractivity contribution in [3.8, 4) is 5.75 Å². The number of methoxy groups -OCH3 is 1. The molecule has 2 aromatic rings. The molecule has 0 N–H and O–H groups in total. The van der Waals surface area contributed by atoms with Crippen LogP contribution >= 0.6 is 11.6 Å². The Labute approximate surface area is 138 Å². The lowest BCUT2D eigenvalue weighted by atomic mass is 9.94. The lowest BCUT2D eigenvalue weighted by Crippen LogP contribution is -2.34. The molecule has 0 radical (unpaired) electrons. The molecule has 1 fully saturated rings. The molecule has 0 aromatic heterocycles. The molecule has 1 aliphatic rings. The molecule has 0 saturated carbocycles. The van der Waals surface area contributed by atoms with Crippen molar-refractivity contribution in [3.05, 3.63) is 59.1 Å². The van der Waals surface area contributed by atoms with Gasteiger partial charge < -0.3 is 9.47 Å². The third-order valence-corrected chi connectivity index (χ3v) is 4.12. The fraction of sp³-hybridized carbons (Fsp3) is 0.235. The van der Waals surface area contributed by atoms with Crippen LogP contribution in [0, 0.1) is 0 Å². The third-order valence-electron chi connectivity index (χ3n) is 3.87. The van der Waals surface area contributed by atoms with Gasteiger partial charge in [0.15, 0.2) is 5.60 Å². The number of alkyl halides is 1. The lowest BCUT2D eigenvalue weighted by Gasteiger charge is -2.25. The second-order valence-corrected chi connectivity index (χ2v) is 5.70. The minimum Gasteiger partial charge on any atom is -0.496 e. The number of anilines is 1. The number of rotatable bonds is 4. The van der Waals surface area contributed by atoms with Crippen LogP contribution in [-0.4, -0.2) is 26.4 Å². The number of halogens is 2. The quantitative estimate of drug-likeness (QED) is 0.841. The number of amides is 1. The van der Waals surface area contributed by atoms with Gasteiger partial charge in [0.25, 0.3) is 0 Å². The van der Waals surface area contributed by atoms with Crippen LogP contribution in [0.25, 0.3) is 0 Å². The van der Waals surface area contributed by atoms with Crippen molar-refractivity contribution in [2.24, 2.45) is 0 Å². The summed E-state index contributed by atoms with van der Waals surface area (Å²) in [6, 6.07) is 13.7. The highest BCUT2D eigenvalue weighted by Crippen LogP contribution is 2.40. The molecule has 1 aliphatic heterocycles. The van der Waals surface area contributed by atoms with Crippen molar-refractivity contribution in [2.45, 2.75) is 5.60 Å². The minimum atomic E-state index is -1.39. The normalized spacial score (nSPS) is 20.5. The molecule has 4 nitrogen and oxygen atoms in total. The van der Waals surface area contributed by atoms with E-state index in [2.05, 4.69) is 0 Å². The van der Waals surface area contributed by atoms with Gasteiger partial charge in [-0.25, -0.2) is 9.18 Å². The lowest BCUT2D eigenvalue weighted by molar-refractivity contribution is 0.0305. The van der Waals surface area contributed by atoms with Gasteiger partial charge in [-0.3, -0.25) is 4.90 Å². The van der Waals surface area contributed by atoms with E-state index in [1.165, 1.54) is 12.0 Å². The summed E-state index contributed by atoms with van der Waals surface area (Å²) < 4.78 is 24.6. The van der Waals surface area contributed by atoms with Crippen molar-refractivity contribution in [2.75, 3.05) is 25.2 Å². The first kappa shape index (κ1) is 15.6. The van der Waals surface area contributed by atoms with Crippen LogP contribution in [0.2, 0.25) is 5.02 Å². The van der Waals surface area contributed by atoms with E-state index in [1.807, 2.05) is 0 Å². The van der Waals surface area contributed by atoms with Crippen molar-refractivity contribution in [1.29, 1.82) is 0 Å². The predicted octanol–water partition coefficient (Wildman–Crippen LogP) is 4.17. The molecule has 1 amide bonds. The van der Waals surface area contributed by atoms with Crippen LogP contribution in [0.5, 0.6) is 5.75 Å². The summed E-state index contributed by atoms with van der Waals surface area (Å²) in [5, 5.41) is 0.558. The van der Waals surface area contributed by atoms with Crippen LogP contribution in [0.1, 0.15) is 5.56 Å². The van der Waals surface area contributed by atoms with E-state index < -0.39 is 18.4 Å². The van der Waals surface area contributed by atoms with Crippen LogP contribution < -0.4 is 9.64 Å². The van der Waals surface area contributed by atoms with Gasteiger partial charge in [-0.2, -0.15) is 0 Å². The molecular weight excluding hydrogens is 321 g/mol. The number of hydrogen-bond acceptors (Lipinski definition) is 3. The molecule has 1 heterocycles. The molecule has 1 atom stereocenters. The first-order valence-electron chi connectivity index (χ1n) is 7.05. The zero-order chi connectivity index (χ0) is 16.4. The Balaban J connectivity index is 1.99. The van der Waals surface area contributed by atoms with Gasteiger partial charge in [0.05, 0.1) is 13.7 Å². The molecular formula is C17H15ClFNO3. The number of carbonyl (C=O) groups excluding carboxylic acids is 1. The molecule has 0 spiro atoms. The minimum absolute atomic E-state index is 0.0599. The van der Waals surface area contributed by atoms with Crippen LogP contribution in [-0.2, 0) is 10.3 Å². The Bertz CT molecular complexity index is 722. The maximum atomic E-state index is 13.9. The Morgan fingerprint density at radius 2 is 1.96 bits per heavy atom. The van der Waals surface area contributed by atoms with Crippen LogP contribution in [0.3, 0.4) is 0 Å². The van der Waals surface area contributed by atoms with Crippen molar-refractivity contribution >= 4 is 23.4 Å². The topological polar surface area (TPSA) is 38.8 Å². The molecule has 0 unspecified atom stereocenters. The molecule has 120 valence electrons. The van der Waals surface area contributed by atoms with Gasteiger partial charge in [-0.05, 0) is 30.3 Å². The van der Waals surface area contributed by atoms with Gasteiger partial charge >= 0.3 is 6.09 Å². The number of hydrogen-bond donors (Lipinski definition) is 0. The Hall–Kier alpha value is -2.27. The molecule has 23 heavy (non-hydrogen) atoms. The first-order valence-corrected chi connectivity index (χ1v) is 7.43. The molecule has 2 aromatic carbocycles. The summed E-state index contributed by atoms with van der Waals surface area (Å²) in [6.45, 7) is -0.784. The summed E-state index contributed by atoms with van der Waals surface area (Å²) in [6.07, 6.45) is -0.601. The molecule has 3 rings (SSSR count). The highest BCUT2D eigenvalue weighted by atomic mass is 35.5. The Morgan fingerprint density at radius 1 is 1.26 bits per heavy atom. The fourth-order valence-electron chi connectivity index (χ4n) is 2.69. The molecule has 0 bridgehead atoms. The number of carbonyl (C=O) groups is 1. The summed E-state index contributed by atoms with van der Waals surface area (Å²) in [7, 11) is 1.50.